The molecular weight excluding hydrogens is 272 g/mol. The second-order valence-electron chi connectivity index (χ2n) is 4.16. The smallest absolute Gasteiger partial charge is 0.305 e. The molecule has 0 fully saturated rings. The first-order chi connectivity index (χ1) is 9.11. The molecule has 6 heteroatoms. The third kappa shape index (κ3) is 3.30. The molecular formula is C13H15ClO5. The van der Waals surface area contributed by atoms with Crippen LogP contribution in [0.25, 0.3) is 0 Å². The van der Waals surface area contributed by atoms with Crippen LogP contribution in [0.3, 0.4) is 0 Å². The van der Waals surface area contributed by atoms with Crippen LogP contribution in [0.15, 0.2) is 12.1 Å². The van der Waals surface area contributed by atoms with Crippen molar-refractivity contribution in [2.24, 2.45) is 0 Å². The van der Waals surface area contributed by atoms with Gasteiger partial charge in [-0.3, -0.25) is 4.79 Å². The van der Waals surface area contributed by atoms with E-state index < -0.39 is 6.10 Å². The lowest BCUT2D eigenvalue weighted by molar-refractivity contribution is -0.141. The van der Waals surface area contributed by atoms with Crippen LogP contribution in [0.4, 0.5) is 0 Å². The monoisotopic (exact) mass is 286 g/mol. The quantitative estimate of drug-likeness (QED) is 0.859. The van der Waals surface area contributed by atoms with Crippen molar-refractivity contribution in [2.75, 3.05) is 20.3 Å². The Morgan fingerprint density at radius 3 is 2.95 bits per heavy atom. The molecule has 0 radical (unpaired) electrons. The second kappa shape index (κ2) is 6.12. The summed E-state index contributed by atoms with van der Waals surface area (Å²) in [5, 5.41) is 10.4. The van der Waals surface area contributed by atoms with Gasteiger partial charge in [0.25, 0.3) is 0 Å². The summed E-state index contributed by atoms with van der Waals surface area (Å²) in [7, 11) is 1.32. The Balaban J connectivity index is 2.11. The van der Waals surface area contributed by atoms with Crippen LogP contribution < -0.4 is 9.47 Å². The number of carbonyl (C=O) groups is 1. The summed E-state index contributed by atoms with van der Waals surface area (Å²) in [6, 6.07) is 3.30. The van der Waals surface area contributed by atoms with Gasteiger partial charge in [-0.1, -0.05) is 11.6 Å². The van der Waals surface area contributed by atoms with Crippen molar-refractivity contribution in [3.8, 4) is 11.5 Å². The van der Waals surface area contributed by atoms with Gasteiger partial charge in [0.2, 0.25) is 0 Å². The van der Waals surface area contributed by atoms with E-state index in [-0.39, 0.29) is 18.8 Å². The number of fused-ring (bicyclic) bond motifs is 1. The molecule has 0 aliphatic carbocycles. The van der Waals surface area contributed by atoms with Gasteiger partial charge in [0.05, 0.1) is 18.2 Å². The van der Waals surface area contributed by atoms with E-state index in [4.69, 9.17) is 21.1 Å². The van der Waals surface area contributed by atoms with E-state index in [2.05, 4.69) is 4.74 Å². The topological polar surface area (TPSA) is 65.0 Å². The van der Waals surface area contributed by atoms with Crippen LogP contribution in [-0.4, -0.2) is 31.4 Å². The number of hydrogen-bond acceptors (Lipinski definition) is 5. The summed E-state index contributed by atoms with van der Waals surface area (Å²) in [6.07, 6.45) is -0.390. The summed E-state index contributed by atoms with van der Waals surface area (Å²) in [5.74, 6) is 0.658. The number of aliphatic hydroxyl groups is 1. The van der Waals surface area contributed by atoms with Crippen molar-refractivity contribution in [1.29, 1.82) is 0 Å². The van der Waals surface area contributed by atoms with Crippen molar-refractivity contribution < 1.29 is 24.1 Å². The largest absolute Gasteiger partial charge is 0.486 e. The molecule has 0 amide bonds. The fraction of sp³-hybridized carbons (Fsp3) is 0.462. The van der Waals surface area contributed by atoms with E-state index in [9.17, 15) is 9.90 Å². The van der Waals surface area contributed by atoms with Gasteiger partial charge >= 0.3 is 5.97 Å². The Kier molecular flexibility index (Phi) is 4.50. The highest BCUT2D eigenvalue weighted by atomic mass is 35.5. The maximum absolute atomic E-state index is 11.0. The molecule has 0 saturated carbocycles. The van der Waals surface area contributed by atoms with E-state index in [0.29, 0.717) is 35.3 Å². The van der Waals surface area contributed by atoms with Crippen molar-refractivity contribution in [2.45, 2.75) is 18.9 Å². The molecule has 1 atom stereocenters. The molecule has 1 aromatic rings. The molecule has 0 spiro atoms. The molecule has 1 N–H and O–H groups in total. The van der Waals surface area contributed by atoms with Gasteiger partial charge in [-0.25, -0.2) is 0 Å². The van der Waals surface area contributed by atoms with Crippen LogP contribution in [0.1, 0.15) is 24.5 Å². The molecule has 1 aliphatic rings. The van der Waals surface area contributed by atoms with E-state index in [1.807, 2.05) is 0 Å². The van der Waals surface area contributed by atoms with E-state index in [0.717, 1.165) is 0 Å². The molecule has 1 aliphatic heterocycles. The van der Waals surface area contributed by atoms with Gasteiger partial charge in [0.1, 0.15) is 13.2 Å². The molecule has 5 nitrogen and oxygen atoms in total. The number of benzene rings is 1. The Morgan fingerprint density at radius 1 is 1.47 bits per heavy atom. The third-order valence-electron chi connectivity index (χ3n) is 2.85. The minimum absolute atomic E-state index is 0.143. The molecule has 1 aromatic carbocycles. The minimum Gasteiger partial charge on any atom is -0.486 e. The van der Waals surface area contributed by atoms with Gasteiger partial charge in [-0.2, -0.15) is 0 Å². The van der Waals surface area contributed by atoms with Crippen molar-refractivity contribution in [1.82, 2.24) is 0 Å². The Morgan fingerprint density at radius 2 is 2.21 bits per heavy atom. The first kappa shape index (κ1) is 14.0. The van der Waals surface area contributed by atoms with Crippen LogP contribution in [-0.2, 0) is 9.53 Å². The molecule has 1 unspecified atom stereocenters. The van der Waals surface area contributed by atoms with Crippen LogP contribution in [0, 0.1) is 0 Å². The lowest BCUT2D eigenvalue weighted by atomic mass is 10.0. The standard InChI is InChI=1S/C13H15ClO5/c1-17-12(16)3-2-10(15)8-6-9(14)13-11(7-8)18-4-5-19-13/h6-7,10,15H,2-5H2,1H3. The lowest BCUT2D eigenvalue weighted by Crippen LogP contribution is -2.16. The van der Waals surface area contributed by atoms with Gasteiger partial charge in [-0.15, -0.1) is 0 Å². The number of aliphatic hydroxyl groups excluding tert-OH is 1. The van der Waals surface area contributed by atoms with Crippen LogP contribution >= 0.6 is 11.6 Å². The fourth-order valence-corrected chi connectivity index (χ4v) is 2.12. The van der Waals surface area contributed by atoms with Gasteiger partial charge in [-0.05, 0) is 24.1 Å². The van der Waals surface area contributed by atoms with Crippen molar-refractivity contribution in [3.05, 3.63) is 22.7 Å². The molecule has 0 aromatic heterocycles. The lowest BCUT2D eigenvalue weighted by Gasteiger charge is -2.21. The van der Waals surface area contributed by atoms with E-state index in [1.165, 1.54) is 7.11 Å². The molecule has 2 rings (SSSR count). The number of methoxy groups -OCH3 is 1. The predicted molar refractivity (Wildman–Crippen MR) is 68.7 cm³/mol. The summed E-state index contributed by atoms with van der Waals surface area (Å²) in [6.45, 7) is 0.905. The Labute approximate surface area is 116 Å². The molecule has 1 heterocycles. The highest BCUT2D eigenvalue weighted by Crippen LogP contribution is 2.40. The predicted octanol–water partition coefficient (Wildman–Crippen LogP) is 2.10. The Bertz CT molecular complexity index is 474. The van der Waals surface area contributed by atoms with E-state index >= 15 is 0 Å². The summed E-state index contributed by atoms with van der Waals surface area (Å²) < 4.78 is 15.4. The number of ether oxygens (including phenoxy) is 3. The molecule has 0 bridgehead atoms. The number of esters is 1. The van der Waals surface area contributed by atoms with Crippen molar-refractivity contribution in [3.63, 3.8) is 0 Å². The summed E-state index contributed by atoms with van der Waals surface area (Å²) in [4.78, 5) is 11.0. The first-order valence-corrected chi connectivity index (χ1v) is 6.33. The van der Waals surface area contributed by atoms with Crippen LogP contribution in [0.2, 0.25) is 5.02 Å². The second-order valence-corrected chi connectivity index (χ2v) is 4.56. The zero-order chi connectivity index (χ0) is 13.8. The number of rotatable bonds is 4. The summed E-state index contributed by atoms with van der Waals surface area (Å²) in [5.41, 5.74) is 0.596. The van der Waals surface area contributed by atoms with Gasteiger partial charge in [0.15, 0.2) is 11.5 Å². The maximum Gasteiger partial charge on any atom is 0.305 e. The number of carbonyl (C=O) groups excluding carboxylic acids is 1. The van der Waals surface area contributed by atoms with Crippen LogP contribution in [0.5, 0.6) is 11.5 Å². The van der Waals surface area contributed by atoms with Crippen molar-refractivity contribution >= 4 is 17.6 Å². The first-order valence-electron chi connectivity index (χ1n) is 5.95. The van der Waals surface area contributed by atoms with Gasteiger partial charge in [0, 0.05) is 6.42 Å². The minimum atomic E-state index is -0.799. The molecule has 104 valence electrons. The number of hydrogen-bond donors (Lipinski definition) is 1. The fourth-order valence-electron chi connectivity index (χ4n) is 1.85. The SMILES string of the molecule is COC(=O)CCC(O)c1cc(Cl)c2c(c1)OCCO2. The maximum atomic E-state index is 11.0. The zero-order valence-electron chi connectivity index (χ0n) is 10.5. The average Bonchev–Trinajstić information content (AvgIpc) is 2.44. The molecule has 19 heavy (non-hydrogen) atoms. The Hall–Kier alpha value is -1.46. The normalized spacial score (nSPS) is 14.9. The van der Waals surface area contributed by atoms with Gasteiger partial charge < -0.3 is 19.3 Å². The highest BCUT2D eigenvalue weighted by Gasteiger charge is 2.20. The van der Waals surface area contributed by atoms with E-state index in [1.54, 1.807) is 12.1 Å². The highest BCUT2D eigenvalue weighted by molar-refractivity contribution is 6.32. The molecule has 0 saturated heterocycles. The third-order valence-corrected chi connectivity index (χ3v) is 3.13. The number of halogens is 1. The average molecular weight is 287 g/mol. The summed E-state index contributed by atoms with van der Waals surface area (Å²) >= 11 is 6.07. The zero-order valence-corrected chi connectivity index (χ0v) is 11.3.